The molecule has 1 aromatic rings. The van der Waals surface area contributed by atoms with Crippen molar-refractivity contribution in [3.8, 4) is 0 Å². The van der Waals surface area contributed by atoms with Crippen LogP contribution in [0, 0.1) is 10.1 Å². The lowest BCUT2D eigenvalue weighted by Crippen LogP contribution is -2.03. The second kappa shape index (κ2) is 5.54. The SMILES string of the molecule is O=[N+]([O-])c1ccccc1COCS(=O)O. The highest BCUT2D eigenvalue weighted by atomic mass is 32.2. The minimum Gasteiger partial charge on any atom is -0.361 e. The summed E-state index contributed by atoms with van der Waals surface area (Å²) in [5, 5.41) is 10.6. The highest BCUT2D eigenvalue weighted by Gasteiger charge is 2.11. The first kappa shape index (κ1) is 11.8. The van der Waals surface area contributed by atoms with Crippen molar-refractivity contribution in [3.05, 3.63) is 39.9 Å². The summed E-state index contributed by atoms with van der Waals surface area (Å²) in [4.78, 5) is 10.0. The Labute approximate surface area is 88.3 Å². The molecule has 1 atom stereocenters. The monoisotopic (exact) mass is 231 g/mol. The Kier molecular flexibility index (Phi) is 4.35. The van der Waals surface area contributed by atoms with Gasteiger partial charge in [0.25, 0.3) is 5.69 Å². The van der Waals surface area contributed by atoms with E-state index < -0.39 is 16.0 Å². The van der Waals surface area contributed by atoms with Gasteiger partial charge in [0, 0.05) is 6.07 Å². The lowest BCUT2D eigenvalue weighted by molar-refractivity contribution is -0.385. The summed E-state index contributed by atoms with van der Waals surface area (Å²) in [5.41, 5.74) is 0.328. The Morgan fingerprint density at radius 2 is 2.13 bits per heavy atom. The van der Waals surface area contributed by atoms with Crippen molar-refractivity contribution >= 4 is 16.8 Å². The molecule has 1 rings (SSSR count). The predicted octanol–water partition coefficient (Wildman–Crippen LogP) is 1.29. The fourth-order valence-corrected chi connectivity index (χ4v) is 1.26. The van der Waals surface area contributed by atoms with Gasteiger partial charge < -0.3 is 9.29 Å². The molecule has 0 saturated carbocycles. The zero-order chi connectivity index (χ0) is 11.3. The van der Waals surface area contributed by atoms with Gasteiger partial charge in [0.15, 0.2) is 11.1 Å². The first-order chi connectivity index (χ1) is 7.11. The van der Waals surface area contributed by atoms with E-state index in [1.54, 1.807) is 18.2 Å². The lowest BCUT2D eigenvalue weighted by atomic mass is 10.2. The fourth-order valence-electron chi connectivity index (χ4n) is 1.03. The predicted molar refractivity (Wildman–Crippen MR) is 53.5 cm³/mol. The van der Waals surface area contributed by atoms with Gasteiger partial charge in [-0.25, -0.2) is 4.21 Å². The Bertz CT molecular complexity index is 381. The van der Waals surface area contributed by atoms with Crippen LogP contribution in [-0.2, 0) is 22.4 Å². The van der Waals surface area contributed by atoms with Crippen LogP contribution in [0.25, 0.3) is 0 Å². The Balaban J connectivity index is 2.67. The summed E-state index contributed by atoms with van der Waals surface area (Å²) < 4.78 is 23.5. The minimum absolute atomic E-state index is 0.0521. The number of hydrogen-bond acceptors (Lipinski definition) is 4. The summed E-state index contributed by atoms with van der Waals surface area (Å²) >= 11 is -2.05. The standard InChI is InChI=1S/C8H9NO5S/c10-9(11)8-4-2-1-3-7(8)5-14-6-15(12)13/h1-4H,5-6H2,(H,12,13). The van der Waals surface area contributed by atoms with Crippen LogP contribution in [0.4, 0.5) is 5.69 Å². The van der Waals surface area contributed by atoms with Crippen molar-refractivity contribution in [1.82, 2.24) is 0 Å². The van der Waals surface area contributed by atoms with Crippen LogP contribution in [0.3, 0.4) is 0 Å². The molecule has 82 valence electrons. The number of rotatable bonds is 5. The van der Waals surface area contributed by atoms with Gasteiger partial charge in [0.05, 0.1) is 17.1 Å². The van der Waals surface area contributed by atoms with E-state index in [4.69, 9.17) is 9.29 Å². The largest absolute Gasteiger partial charge is 0.361 e. The van der Waals surface area contributed by atoms with Crippen molar-refractivity contribution < 1.29 is 18.4 Å². The van der Waals surface area contributed by atoms with Gasteiger partial charge in [-0.1, -0.05) is 12.1 Å². The highest BCUT2D eigenvalue weighted by molar-refractivity contribution is 7.79. The lowest BCUT2D eigenvalue weighted by Gasteiger charge is -2.02. The third-order valence-electron chi connectivity index (χ3n) is 1.63. The maximum atomic E-state index is 10.6. The molecule has 0 aliphatic heterocycles. The van der Waals surface area contributed by atoms with Crippen LogP contribution < -0.4 is 0 Å². The zero-order valence-corrected chi connectivity index (χ0v) is 8.48. The van der Waals surface area contributed by atoms with E-state index >= 15 is 0 Å². The number of nitro benzene ring substituents is 1. The third-order valence-corrected chi connectivity index (χ3v) is 2.00. The van der Waals surface area contributed by atoms with Gasteiger partial charge in [0.1, 0.15) is 5.94 Å². The van der Waals surface area contributed by atoms with Gasteiger partial charge in [-0.2, -0.15) is 0 Å². The maximum absolute atomic E-state index is 10.6. The first-order valence-corrected chi connectivity index (χ1v) is 5.26. The molecule has 0 aliphatic rings. The second-order valence-corrected chi connectivity index (χ2v) is 3.55. The summed E-state index contributed by atoms with van der Waals surface area (Å²) in [6.45, 7) is -0.0521. The molecule has 0 amide bonds. The van der Waals surface area contributed by atoms with Gasteiger partial charge in [-0.15, -0.1) is 0 Å². The molecule has 1 aromatic carbocycles. The van der Waals surface area contributed by atoms with Gasteiger partial charge in [-0.3, -0.25) is 10.1 Å². The van der Waals surface area contributed by atoms with E-state index in [1.165, 1.54) is 6.07 Å². The number of hydrogen-bond donors (Lipinski definition) is 1. The molecule has 0 radical (unpaired) electrons. The summed E-state index contributed by atoms with van der Waals surface area (Å²) in [6.07, 6.45) is 0. The molecule has 1 unspecified atom stereocenters. The highest BCUT2D eigenvalue weighted by Crippen LogP contribution is 2.18. The van der Waals surface area contributed by atoms with E-state index in [0.29, 0.717) is 5.56 Å². The molecular weight excluding hydrogens is 222 g/mol. The molecular formula is C8H9NO5S. The molecule has 6 nitrogen and oxygen atoms in total. The van der Waals surface area contributed by atoms with Crippen molar-refractivity contribution in [3.63, 3.8) is 0 Å². The van der Waals surface area contributed by atoms with Gasteiger partial charge >= 0.3 is 0 Å². The van der Waals surface area contributed by atoms with Crippen LogP contribution >= 0.6 is 0 Å². The maximum Gasteiger partial charge on any atom is 0.274 e. The van der Waals surface area contributed by atoms with Crippen LogP contribution in [0.2, 0.25) is 0 Å². The third kappa shape index (κ3) is 3.74. The Morgan fingerprint density at radius 1 is 1.47 bits per heavy atom. The normalized spacial score (nSPS) is 12.3. The summed E-state index contributed by atoms with van der Waals surface area (Å²) in [6, 6.07) is 6.08. The number of ether oxygens (including phenoxy) is 1. The summed E-state index contributed by atoms with van der Waals surface area (Å²) in [7, 11) is 0. The first-order valence-electron chi connectivity index (χ1n) is 3.98. The summed E-state index contributed by atoms with van der Waals surface area (Å²) in [5.74, 6) is -0.355. The molecule has 0 aromatic heterocycles. The zero-order valence-electron chi connectivity index (χ0n) is 7.66. The average molecular weight is 231 g/mol. The van der Waals surface area contributed by atoms with Crippen LogP contribution in [0.15, 0.2) is 24.3 Å². The number of benzene rings is 1. The molecule has 0 bridgehead atoms. The van der Waals surface area contributed by atoms with Crippen LogP contribution in [0.1, 0.15) is 5.56 Å². The van der Waals surface area contributed by atoms with E-state index in [9.17, 15) is 14.3 Å². The van der Waals surface area contributed by atoms with E-state index in [2.05, 4.69) is 0 Å². The van der Waals surface area contributed by atoms with Crippen LogP contribution in [0.5, 0.6) is 0 Å². The molecule has 0 aliphatic carbocycles. The van der Waals surface area contributed by atoms with E-state index in [1.807, 2.05) is 0 Å². The molecule has 0 fully saturated rings. The van der Waals surface area contributed by atoms with Crippen molar-refractivity contribution in [2.75, 3.05) is 5.94 Å². The number of nitrogens with zero attached hydrogens (tertiary/aromatic N) is 1. The molecule has 7 heteroatoms. The smallest absolute Gasteiger partial charge is 0.274 e. The van der Waals surface area contributed by atoms with Crippen molar-refractivity contribution in [2.45, 2.75) is 6.61 Å². The van der Waals surface area contributed by atoms with Crippen molar-refractivity contribution in [1.29, 1.82) is 0 Å². The Hall–Kier alpha value is -1.31. The molecule has 0 spiro atoms. The van der Waals surface area contributed by atoms with E-state index in [-0.39, 0.29) is 18.2 Å². The van der Waals surface area contributed by atoms with Gasteiger partial charge in [-0.05, 0) is 6.07 Å². The van der Waals surface area contributed by atoms with E-state index in [0.717, 1.165) is 0 Å². The molecule has 15 heavy (non-hydrogen) atoms. The topological polar surface area (TPSA) is 89.7 Å². The number of para-hydroxylation sites is 1. The fraction of sp³-hybridized carbons (Fsp3) is 0.250. The molecule has 0 heterocycles. The quantitative estimate of drug-likeness (QED) is 0.468. The van der Waals surface area contributed by atoms with Gasteiger partial charge in [0.2, 0.25) is 0 Å². The van der Waals surface area contributed by atoms with Crippen LogP contribution in [-0.4, -0.2) is 19.6 Å². The minimum atomic E-state index is -2.05. The van der Waals surface area contributed by atoms with Crippen molar-refractivity contribution in [2.24, 2.45) is 0 Å². The molecule has 0 saturated heterocycles. The molecule has 1 N–H and O–H groups in total. The Morgan fingerprint density at radius 3 is 2.73 bits per heavy atom. The number of nitro groups is 1. The second-order valence-electron chi connectivity index (χ2n) is 2.67. The average Bonchev–Trinajstić information content (AvgIpc) is 2.17.